The van der Waals surface area contributed by atoms with Crippen LogP contribution in [0.1, 0.15) is 11.6 Å². The first-order chi connectivity index (χ1) is 8.70. The molecule has 0 radical (unpaired) electrons. The van der Waals surface area contributed by atoms with E-state index >= 15 is 0 Å². The van der Waals surface area contributed by atoms with Crippen LogP contribution in [0.2, 0.25) is 0 Å². The molecule has 4 heteroatoms. The van der Waals surface area contributed by atoms with Gasteiger partial charge < -0.3 is 11.1 Å². The Balaban J connectivity index is 2.26. The van der Waals surface area contributed by atoms with E-state index in [1.807, 2.05) is 30.3 Å². The Morgan fingerprint density at radius 2 is 1.89 bits per heavy atom. The summed E-state index contributed by atoms with van der Waals surface area (Å²) in [6.45, 7) is 0.386. The highest BCUT2D eigenvalue weighted by Gasteiger charge is 2.13. The summed E-state index contributed by atoms with van der Waals surface area (Å²) in [5.41, 5.74) is 7.55. The molecule has 2 aromatic rings. The van der Waals surface area contributed by atoms with E-state index in [-0.39, 0.29) is 11.9 Å². The Morgan fingerprint density at radius 3 is 2.56 bits per heavy atom. The molecule has 0 fully saturated rings. The number of nitrogens with two attached hydrogens (primary N) is 1. The molecule has 2 nitrogen and oxygen atoms in total. The largest absolute Gasteiger partial charge is 0.377 e. The Bertz CT molecular complexity index is 516. The molecular weight excluding hydrogens is 295 g/mol. The van der Waals surface area contributed by atoms with Crippen molar-refractivity contribution in [2.45, 2.75) is 6.04 Å². The van der Waals surface area contributed by atoms with Gasteiger partial charge in [-0.2, -0.15) is 0 Å². The van der Waals surface area contributed by atoms with E-state index in [4.69, 9.17) is 5.73 Å². The minimum atomic E-state index is -0.262. The number of benzene rings is 2. The fourth-order valence-electron chi connectivity index (χ4n) is 1.78. The van der Waals surface area contributed by atoms with Crippen LogP contribution in [-0.2, 0) is 0 Å². The fourth-order valence-corrected chi connectivity index (χ4v) is 2.30. The minimum absolute atomic E-state index is 0.127. The van der Waals surface area contributed by atoms with Crippen LogP contribution in [0.4, 0.5) is 10.1 Å². The van der Waals surface area contributed by atoms with Crippen molar-refractivity contribution in [2.24, 2.45) is 5.73 Å². The van der Waals surface area contributed by atoms with Gasteiger partial charge in [-0.05, 0) is 35.9 Å². The standard InChI is InChI=1S/C14H14BrFN2/c15-13-7-6-10(16)8-12(13)14(9-17)18-11-4-2-1-3-5-11/h1-8,14,18H,9,17H2. The van der Waals surface area contributed by atoms with E-state index in [0.717, 1.165) is 15.7 Å². The number of rotatable bonds is 4. The molecule has 3 N–H and O–H groups in total. The van der Waals surface area contributed by atoms with E-state index in [0.29, 0.717) is 6.54 Å². The van der Waals surface area contributed by atoms with E-state index in [1.165, 1.54) is 12.1 Å². The smallest absolute Gasteiger partial charge is 0.123 e. The second-order valence-electron chi connectivity index (χ2n) is 3.96. The minimum Gasteiger partial charge on any atom is -0.377 e. The molecule has 0 aliphatic rings. The summed E-state index contributed by atoms with van der Waals surface area (Å²) in [7, 11) is 0. The van der Waals surface area contributed by atoms with Crippen LogP contribution in [0.3, 0.4) is 0 Å². The van der Waals surface area contributed by atoms with Gasteiger partial charge in [0, 0.05) is 16.7 Å². The van der Waals surface area contributed by atoms with E-state index in [2.05, 4.69) is 21.2 Å². The zero-order valence-corrected chi connectivity index (χ0v) is 11.3. The van der Waals surface area contributed by atoms with Gasteiger partial charge in [-0.3, -0.25) is 0 Å². The highest BCUT2D eigenvalue weighted by Crippen LogP contribution is 2.26. The molecule has 0 aliphatic heterocycles. The second-order valence-corrected chi connectivity index (χ2v) is 4.82. The Hall–Kier alpha value is -1.39. The summed E-state index contributed by atoms with van der Waals surface area (Å²) in [6, 6.07) is 14.2. The maximum Gasteiger partial charge on any atom is 0.123 e. The predicted molar refractivity (Wildman–Crippen MR) is 76.0 cm³/mol. The first kappa shape index (κ1) is 13.1. The van der Waals surface area contributed by atoms with Crippen LogP contribution in [0, 0.1) is 5.82 Å². The SMILES string of the molecule is NCC(Nc1ccccc1)c1cc(F)ccc1Br. The van der Waals surface area contributed by atoms with E-state index in [9.17, 15) is 4.39 Å². The molecule has 0 bridgehead atoms. The Morgan fingerprint density at radius 1 is 1.17 bits per heavy atom. The third kappa shape index (κ3) is 3.09. The Kier molecular flexibility index (Phi) is 4.33. The summed E-state index contributed by atoms with van der Waals surface area (Å²) in [5.74, 6) is -0.262. The summed E-state index contributed by atoms with van der Waals surface area (Å²) >= 11 is 3.42. The molecule has 2 aromatic carbocycles. The van der Waals surface area contributed by atoms with Crippen molar-refractivity contribution in [2.75, 3.05) is 11.9 Å². The second kappa shape index (κ2) is 5.98. The molecule has 0 saturated carbocycles. The highest BCUT2D eigenvalue weighted by molar-refractivity contribution is 9.10. The number of para-hydroxylation sites is 1. The average Bonchev–Trinajstić information content (AvgIpc) is 2.40. The highest BCUT2D eigenvalue weighted by atomic mass is 79.9. The molecule has 0 saturated heterocycles. The zero-order valence-electron chi connectivity index (χ0n) is 9.74. The lowest BCUT2D eigenvalue weighted by molar-refractivity contribution is 0.621. The van der Waals surface area contributed by atoms with Crippen molar-refractivity contribution < 1.29 is 4.39 Å². The molecule has 18 heavy (non-hydrogen) atoms. The van der Waals surface area contributed by atoms with Crippen LogP contribution in [0.5, 0.6) is 0 Å². The monoisotopic (exact) mass is 308 g/mol. The van der Waals surface area contributed by atoms with Crippen LogP contribution in [0.25, 0.3) is 0 Å². The third-order valence-electron chi connectivity index (χ3n) is 2.68. The van der Waals surface area contributed by atoms with Gasteiger partial charge in [0.2, 0.25) is 0 Å². The number of hydrogen-bond acceptors (Lipinski definition) is 2. The zero-order chi connectivity index (χ0) is 13.0. The number of anilines is 1. The number of nitrogens with one attached hydrogen (secondary N) is 1. The Labute approximate surface area is 114 Å². The van der Waals surface area contributed by atoms with Crippen molar-refractivity contribution in [1.82, 2.24) is 0 Å². The molecule has 0 aromatic heterocycles. The quantitative estimate of drug-likeness (QED) is 0.904. The maximum absolute atomic E-state index is 13.3. The van der Waals surface area contributed by atoms with Crippen molar-refractivity contribution >= 4 is 21.6 Å². The molecule has 94 valence electrons. The normalized spacial score (nSPS) is 12.2. The van der Waals surface area contributed by atoms with Gasteiger partial charge in [-0.25, -0.2) is 4.39 Å². The van der Waals surface area contributed by atoms with Crippen molar-refractivity contribution in [3.8, 4) is 0 Å². The fraction of sp³-hybridized carbons (Fsp3) is 0.143. The van der Waals surface area contributed by atoms with Gasteiger partial charge in [0.1, 0.15) is 5.82 Å². The molecule has 0 spiro atoms. The molecule has 0 heterocycles. The lowest BCUT2D eigenvalue weighted by Gasteiger charge is -2.20. The van der Waals surface area contributed by atoms with Crippen LogP contribution < -0.4 is 11.1 Å². The summed E-state index contributed by atoms with van der Waals surface area (Å²) in [6.07, 6.45) is 0. The van der Waals surface area contributed by atoms with Crippen molar-refractivity contribution in [3.63, 3.8) is 0 Å². The van der Waals surface area contributed by atoms with Gasteiger partial charge in [0.15, 0.2) is 0 Å². The predicted octanol–water partition coefficient (Wildman–Crippen LogP) is 3.70. The summed E-state index contributed by atoms with van der Waals surface area (Å²) in [4.78, 5) is 0. The first-order valence-corrected chi connectivity index (χ1v) is 6.46. The van der Waals surface area contributed by atoms with E-state index < -0.39 is 0 Å². The van der Waals surface area contributed by atoms with Gasteiger partial charge in [-0.15, -0.1) is 0 Å². The van der Waals surface area contributed by atoms with Crippen LogP contribution >= 0.6 is 15.9 Å². The topological polar surface area (TPSA) is 38.0 Å². The lowest BCUT2D eigenvalue weighted by atomic mass is 10.1. The summed E-state index contributed by atoms with van der Waals surface area (Å²) in [5, 5.41) is 3.29. The molecular formula is C14H14BrFN2. The van der Waals surface area contributed by atoms with Gasteiger partial charge >= 0.3 is 0 Å². The maximum atomic E-state index is 13.3. The van der Waals surface area contributed by atoms with Crippen molar-refractivity contribution in [1.29, 1.82) is 0 Å². The van der Waals surface area contributed by atoms with E-state index in [1.54, 1.807) is 6.07 Å². The van der Waals surface area contributed by atoms with Gasteiger partial charge in [-0.1, -0.05) is 34.1 Å². The molecule has 1 unspecified atom stereocenters. The molecule has 0 aliphatic carbocycles. The number of halogens is 2. The van der Waals surface area contributed by atoms with Crippen molar-refractivity contribution in [3.05, 3.63) is 64.4 Å². The number of hydrogen-bond donors (Lipinski definition) is 2. The van der Waals surface area contributed by atoms with Crippen LogP contribution in [0.15, 0.2) is 53.0 Å². The average molecular weight is 309 g/mol. The van der Waals surface area contributed by atoms with Gasteiger partial charge in [0.25, 0.3) is 0 Å². The molecule has 2 rings (SSSR count). The first-order valence-electron chi connectivity index (χ1n) is 5.67. The lowest BCUT2D eigenvalue weighted by Crippen LogP contribution is -2.21. The molecule has 1 atom stereocenters. The molecule has 0 amide bonds. The summed E-state index contributed by atoms with van der Waals surface area (Å²) < 4.78 is 14.1. The third-order valence-corrected chi connectivity index (χ3v) is 3.41. The van der Waals surface area contributed by atoms with Gasteiger partial charge in [0.05, 0.1) is 6.04 Å². The van der Waals surface area contributed by atoms with Crippen LogP contribution in [-0.4, -0.2) is 6.54 Å².